The van der Waals surface area contributed by atoms with Gasteiger partial charge in [0.25, 0.3) is 0 Å². The fourth-order valence-electron chi connectivity index (χ4n) is 24.0. The van der Waals surface area contributed by atoms with Crippen LogP contribution in [0.4, 0.5) is 13.2 Å². The number of carbonyl (C=O) groups excluding carboxylic acids is 5. The summed E-state index contributed by atoms with van der Waals surface area (Å²) in [7, 11) is -1.03. The third-order valence-electron chi connectivity index (χ3n) is 30.1. The molecule has 1 aliphatic heterocycles. The quantitative estimate of drug-likeness (QED) is 0.0150. The summed E-state index contributed by atoms with van der Waals surface area (Å²) in [6.07, 6.45) is 11.0. The monoisotopic (exact) mass is 1960 g/mol. The van der Waals surface area contributed by atoms with Crippen LogP contribution in [0, 0.1) is 113 Å². The fourth-order valence-corrected chi connectivity index (χ4v) is 33.1. The smallest absolute Gasteiger partial charge is 0.392 e. The van der Waals surface area contributed by atoms with Crippen molar-refractivity contribution < 1.29 is 75.0 Å². The van der Waals surface area contributed by atoms with E-state index in [2.05, 4.69) is 263 Å². The largest absolute Gasteiger partial charge is 0.481 e. The van der Waals surface area contributed by atoms with Crippen LogP contribution in [-0.2, 0) is 86.5 Å². The molecule has 0 aromatic heterocycles. The van der Waals surface area contributed by atoms with Gasteiger partial charge in [-0.2, -0.15) is 13.2 Å². The molecule has 9 saturated carbocycles. The van der Waals surface area contributed by atoms with Gasteiger partial charge in [-0.05, 0) is 335 Å². The van der Waals surface area contributed by atoms with Crippen LogP contribution in [0.25, 0.3) is 0 Å². The first-order valence-corrected chi connectivity index (χ1v) is 54.0. The molecule has 1 heterocycles. The van der Waals surface area contributed by atoms with Gasteiger partial charge in [-0.25, -0.2) is 9.59 Å². The van der Waals surface area contributed by atoms with Crippen LogP contribution in [-0.4, -0.2) is 68.4 Å². The third kappa shape index (κ3) is 22.2. The van der Waals surface area contributed by atoms with E-state index >= 15 is 0 Å². The zero-order chi connectivity index (χ0) is 98.3. The number of hydrogen-bond donors (Lipinski definition) is 0. The van der Waals surface area contributed by atoms with Crippen LogP contribution in [0.15, 0.2) is 350 Å². The zero-order valence-corrected chi connectivity index (χ0v) is 85.2. The lowest BCUT2D eigenvalue weighted by atomic mass is 9.49. The summed E-state index contributed by atoms with van der Waals surface area (Å²) in [6.45, 7) is 20.7. The van der Waals surface area contributed by atoms with Gasteiger partial charge in [0, 0.05) is 53.9 Å². The van der Waals surface area contributed by atoms with Crippen LogP contribution in [0.1, 0.15) is 168 Å². The Kier molecular flexibility index (Phi) is 30.9. The van der Waals surface area contributed by atoms with Crippen LogP contribution in [0.2, 0.25) is 0 Å². The molecule has 0 spiro atoms. The first kappa shape index (κ1) is 100. The number of esters is 5. The number of rotatable bonds is 28. The predicted octanol–water partition coefficient (Wildman–Crippen LogP) is 28.1. The average Bonchev–Trinajstić information content (AvgIpc) is 1.51. The van der Waals surface area contributed by atoms with Crippen LogP contribution in [0.3, 0.4) is 0 Å². The van der Waals surface area contributed by atoms with Gasteiger partial charge in [-0.1, -0.05) is 159 Å². The average molecular weight is 1960 g/mol. The van der Waals surface area contributed by atoms with Crippen LogP contribution in [0.5, 0.6) is 23.0 Å². The van der Waals surface area contributed by atoms with Gasteiger partial charge in [0.05, 0.1) is 67.3 Å². The van der Waals surface area contributed by atoms with E-state index in [1.807, 2.05) is 109 Å². The minimum Gasteiger partial charge on any atom is -0.481 e. The summed E-state index contributed by atoms with van der Waals surface area (Å²) < 4.78 is 82.2. The molecule has 20 heteroatoms. The maximum absolute atomic E-state index is 13.6. The lowest BCUT2D eigenvalue weighted by Crippen LogP contribution is -2.50. The maximum Gasteiger partial charge on any atom is 0.392 e. The van der Waals surface area contributed by atoms with Crippen LogP contribution < -0.4 is 18.9 Å². The summed E-state index contributed by atoms with van der Waals surface area (Å²) in [6, 6.07) is 101. The Balaban J connectivity index is 0.000000129. The summed E-state index contributed by atoms with van der Waals surface area (Å²) in [5.41, 5.74) is 5.13. The van der Waals surface area contributed by atoms with E-state index in [1.54, 1.807) is 0 Å². The van der Waals surface area contributed by atoms with Crippen molar-refractivity contribution in [2.45, 2.75) is 249 Å². The number of hydrogen-bond acceptors (Lipinski definition) is 13. The van der Waals surface area contributed by atoms with E-state index in [0.29, 0.717) is 30.8 Å². The molecule has 2 atom stereocenters. The molecule has 1 saturated heterocycles. The van der Waals surface area contributed by atoms with Crippen molar-refractivity contribution in [1.29, 1.82) is 0 Å². The summed E-state index contributed by atoms with van der Waals surface area (Å²) in [4.78, 5) is 78.8. The van der Waals surface area contributed by atoms with Gasteiger partial charge >= 0.3 is 36.0 Å². The highest BCUT2D eigenvalue weighted by Gasteiger charge is 2.77. The number of alkyl halides is 3. The normalized spacial score (nSPS) is 22.3. The maximum atomic E-state index is 13.6. The van der Waals surface area contributed by atoms with E-state index in [1.165, 1.54) is 107 Å². The Bertz CT molecular complexity index is 6050. The molecule has 13 nitrogen and oxygen atoms in total. The molecule has 0 N–H and O–H groups in total. The Morgan fingerprint density at radius 1 is 0.343 bits per heavy atom. The van der Waals surface area contributed by atoms with Crippen molar-refractivity contribution in [1.82, 2.24) is 0 Å². The first-order chi connectivity index (χ1) is 67.3. The molecule has 2 unspecified atom stereocenters. The minimum atomic E-state index is -4.36. The number of fused-ring (bicyclic) bond motifs is 2. The van der Waals surface area contributed by atoms with E-state index in [0.717, 1.165) is 121 Å². The van der Waals surface area contributed by atoms with Crippen molar-refractivity contribution in [2.24, 2.45) is 57.2 Å². The molecule has 9 aliphatic carbocycles. The van der Waals surface area contributed by atoms with Gasteiger partial charge in [-0.3, -0.25) is 14.4 Å². The Hall–Kier alpha value is -11.4. The first-order valence-electron chi connectivity index (χ1n) is 49.1. The van der Waals surface area contributed by atoms with E-state index < -0.39 is 54.2 Å². The molecule has 10 aliphatic rings. The molecular formula is C120H127F3O13S4+4. The lowest BCUT2D eigenvalue weighted by Gasteiger charge is -2.56. The molecule has 0 radical (unpaired) electrons. The van der Waals surface area contributed by atoms with E-state index in [4.69, 9.17) is 33.2 Å². The van der Waals surface area contributed by atoms with Crippen molar-refractivity contribution >= 4 is 73.4 Å². The second-order valence-electron chi connectivity index (χ2n) is 40.5. The topological polar surface area (TPSA) is 159 Å². The van der Waals surface area contributed by atoms with Crippen LogP contribution >= 0.6 is 0 Å². The predicted molar refractivity (Wildman–Crippen MR) is 546 cm³/mol. The molecule has 0 amide bonds. The lowest BCUT2D eigenvalue weighted by molar-refractivity contribution is -0.178. The Morgan fingerprint density at radius 2 is 0.621 bits per heavy atom. The summed E-state index contributed by atoms with van der Waals surface area (Å²) in [5, 5.41) is 0. The number of halogens is 3. The molecule has 10 fully saturated rings. The molecule has 10 bridgehead atoms. The number of carbonyl (C=O) groups is 5. The van der Waals surface area contributed by atoms with Gasteiger partial charge in [0.1, 0.15) is 29.6 Å². The SMILES string of the molecule is Cc1cc([S+](c2ccccc2)c2ccccc2)cc(C)c1OC(=O)C12CCC(C)(C(=O)O1)C2(C)C.Cc1cc([S+](c2ccccc2)c2ccccc2)cc(C)c1OCC(=O)OCCC(F)(F)F.Cc1cc([S+](c2ccccc2)c2ccccc2)cc(C)c1OCOC(=O)C12CC3CC(CC(C3)C1)C2.Cc1cc([S+](c2ccccc2)c2ccccc2)cc(C)c1OCOC(=O)CC12CC3CC(CC(C3)C1)C2. The fraction of sp³-hybridized carbons (Fsp3) is 0.358. The second-order valence-corrected chi connectivity index (χ2v) is 48.6. The van der Waals surface area contributed by atoms with E-state index in [9.17, 15) is 37.1 Å². The second kappa shape index (κ2) is 43.2. The van der Waals surface area contributed by atoms with Crippen molar-refractivity contribution in [2.75, 3.05) is 26.8 Å². The van der Waals surface area contributed by atoms with Gasteiger partial charge in [0.2, 0.25) is 19.2 Å². The molecular weight excluding hydrogens is 1830 g/mol. The minimum absolute atomic E-state index is 0.00923. The zero-order valence-electron chi connectivity index (χ0n) is 81.9. The highest BCUT2D eigenvalue weighted by Crippen LogP contribution is 2.67. The van der Waals surface area contributed by atoms with Crippen molar-refractivity contribution in [3.05, 3.63) is 336 Å². The summed E-state index contributed by atoms with van der Waals surface area (Å²) in [5.74, 6) is 5.71. The highest BCUT2D eigenvalue weighted by atomic mass is 32.2. The molecule has 22 rings (SSSR count). The van der Waals surface area contributed by atoms with Gasteiger partial charge < -0.3 is 37.9 Å². The number of benzene rings is 12. The molecule has 726 valence electrons. The van der Waals surface area contributed by atoms with Gasteiger partial charge in [0.15, 0.2) is 65.4 Å². The molecule has 12 aromatic carbocycles. The number of ether oxygens (including phenoxy) is 8. The summed E-state index contributed by atoms with van der Waals surface area (Å²) >= 11 is 0. The Labute approximate surface area is 834 Å². The van der Waals surface area contributed by atoms with Crippen molar-refractivity contribution in [3.63, 3.8) is 0 Å². The Morgan fingerprint density at radius 3 is 0.900 bits per heavy atom. The van der Waals surface area contributed by atoms with Crippen molar-refractivity contribution in [3.8, 4) is 23.0 Å². The van der Waals surface area contributed by atoms with Gasteiger partial charge in [-0.15, -0.1) is 0 Å². The molecule has 140 heavy (non-hydrogen) atoms. The van der Waals surface area contributed by atoms with E-state index in [-0.39, 0.29) is 85.9 Å². The third-order valence-corrected chi connectivity index (χ3v) is 38.8. The standard InChI is InChI=1S/C33H37O3S.C32H35O3S.C30H31O4S.C25H24F3O3S/c1-23-13-30(37(28-9-5-3-6-10-28)29-11-7-4-8-12-29)14-24(2)32(23)36-22-35-31(34)21-33-18-25-15-26(19-33)17-27(16-25)20-33;1-22-13-29(36(27-9-5-3-6-10-27)28-11-7-4-8-12-28)14-23(2)30(22)34-21-35-31(33)32-18-24-15-25(19-32)17-26(16-24)20-32;1-20-18-24(35(22-12-8-6-9-13-22)23-14-10-7-11-15-23)19-21(2)25(20)33-27(32)30-17-16-29(5,26(31)34-30)28(30,3)4;1-18-15-22(32(20-9-5-3-6-10-20)21-11-7-4-8-12-21)16-19(2)24(18)31-17-23(29)30-14-13-25(26,27)28/h3-14,25-27H,15-22H2,1-2H3;3-14,24-26H,15-21H2,1-2H3;6-15,18-19H,16-17H2,1-5H3;3-12,15-16H,13-14,17H2,1-2H3/q4*+1. The highest BCUT2D eigenvalue weighted by molar-refractivity contribution is 7.98. The number of aryl methyl sites for hydroxylation is 8. The molecule has 12 aromatic rings.